The molecule has 1 aliphatic rings. The van der Waals surface area contributed by atoms with E-state index in [-0.39, 0.29) is 5.15 Å². The number of hydrogen-bond donors (Lipinski definition) is 2. The SMILES string of the molecule is CC1(F)C(O)[C@@H](CO)O[C@H]1n1cnc2c(Cl)ncnc21. The molecule has 20 heavy (non-hydrogen) atoms. The predicted molar refractivity (Wildman–Crippen MR) is 66.8 cm³/mol. The molecule has 1 aliphatic heterocycles. The Bertz CT molecular complexity index is 650. The van der Waals surface area contributed by atoms with Crippen LogP contribution < -0.4 is 0 Å². The molecular formula is C11H12ClFN4O3. The summed E-state index contributed by atoms with van der Waals surface area (Å²) >= 11 is 5.88. The average molecular weight is 303 g/mol. The molecule has 2 unspecified atom stereocenters. The Balaban J connectivity index is 2.10. The van der Waals surface area contributed by atoms with Crippen molar-refractivity contribution in [2.75, 3.05) is 6.61 Å². The number of imidazole rings is 1. The lowest BCUT2D eigenvalue weighted by Gasteiger charge is -2.24. The van der Waals surface area contributed by atoms with E-state index in [1.807, 2.05) is 0 Å². The Morgan fingerprint density at radius 2 is 2.25 bits per heavy atom. The molecule has 2 N–H and O–H groups in total. The lowest BCUT2D eigenvalue weighted by molar-refractivity contribution is -0.0566. The van der Waals surface area contributed by atoms with Crippen LogP contribution in [0, 0.1) is 0 Å². The van der Waals surface area contributed by atoms with Gasteiger partial charge in [0.1, 0.15) is 24.1 Å². The van der Waals surface area contributed by atoms with Gasteiger partial charge in [-0.3, -0.25) is 4.57 Å². The molecule has 0 bridgehead atoms. The van der Waals surface area contributed by atoms with Crippen LogP contribution in [0.4, 0.5) is 4.39 Å². The first-order valence-electron chi connectivity index (χ1n) is 5.93. The molecule has 3 heterocycles. The molecule has 1 saturated heterocycles. The largest absolute Gasteiger partial charge is 0.394 e. The van der Waals surface area contributed by atoms with Crippen molar-refractivity contribution in [3.8, 4) is 0 Å². The zero-order valence-corrected chi connectivity index (χ0v) is 11.2. The van der Waals surface area contributed by atoms with Gasteiger partial charge in [0, 0.05) is 0 Å². The van der Waals surface area contributed by atoms with E-state index in [0.717, 1.165) is 0 Å². The number of ether oxygens (including phenoxy) is 1. The van der Waals surface area contributed by atoms with Crippen LogP contribution in [-0.4, -0.2) is 54.2 Å². The summed E-state index contributed by atoms with van der Waals surface area (Å²) in [4.78, 5) is 11.8. The Kier molecular flexibility index (Phi) is 3.13. The van der Waals surface area contributed by atoms with E-state index in [1.54, 1.807) is 0 Å². The van der Waals surface area contributed by atoms with E-state index >= 15 is 0 Å². The fourth-order valence-electron chi connectivity index (χ4n) is 2.36. The highest BCUT2D eigenvalue weighted by atomic mass is 35.5. The summed E-state index contributed by atoms with van der Waals surface area (Å²) in [5.74, 6) is 0. The second-order valence-corrected chi connectivity index (χ2v) is 5.15. The number of halogens is 2. The molecule has 2 aromatic rings. The molecule has 4 atom stereocenters. The maximum atomic E-state index is 14.7. The maximum absolute atomic E-state index is 14.7. The van der Waals surface area contributed by atoms with Crippen molar-refractivity contribution < 1.29 is 19.3 Å². The maximum Gasteiger partial charge on any atom is 0.181 e. The van der Waals surface area contributed by atoms with Gasteiger partial charge in [-0.25, -0.2) is 19.3 Å². The van der Waals surface area contributed by atoms with E-state index < -0.39 is 30.7 Å². The molecule has 2 aromatic heterocycles. The molecule has 0 spiro atoms. The van der Waals surface area contributed by atoms with Gasteiger partial charge in [0.05, 0.1) is 12.9 Å². The first-order chi connectivity index (χ1) is 9.46. The van der Waals surface area contributed by atoms with E-state index in [0.29, 0.717) is 11.2 Å². The molecule has 0 saturated carbocycles. The van der Waals surface area contributed by atoms with Gasteiger partial charge in [0.15, 0.2) is 22.7 Å². The second-order valence-electron chi connectivity index (χ2n) is 4.79. The molecular weight excluding hydrogens is 291 g/mol. The van der Waals surface area contributed by atoms with E-state index in [2.05, 4.69) is 15.0 Å². The standard InChI is InChI=1S/C11H12ClFN4O3/c1-11(13)7(19)5(2-18)20-10(11)17-4-16-6-8(12)14-3-15-9(6)17/h3-5,7,10,18-19H,2H2,1H3/t5-,7?,10-,11?/m1/s1. The fraction of sp³-hybridized carbons (Fsp3) is 0.545. The summed E-state index contributed by atoms with van der Waals surface area (Å²) in [6, 6.07) is 0. The van der Waals surface area contributed by atoms with E-state index in [4.69, 9.17) is 21.4 Å². The van der Waals surface area contributed by atoms with Gasteiger partial charge >= 0.3 is 0 Å². The third kappa shape index (κ3) is 1.80. The van der Waals surface area contributed by atoms with Gasteiger partial charge in [-0.15, -0.1) is 0 Å². The number of rotatable bonds is 2. The minimum Gasteiger partial charge on any atom is -0.394 e. The molecule has 7 nitrogen and oxygen atoms in total. The molecule has 0 aliphatic carbocycles. The normalized spacial score (nSPS) is 34.0. The highest BCUT2D eigenvalue weighted by Gasteiger charge is 2.55. The van der Waals surface area contributed by atoms with Crippen LogP contribution in [0.15, 0.2) is 12.7 Å². The number of hydrogen-bond acceptors (Lipinski definition) is 6. The molecule has 0 amide bonds. The number of aliphatic hydroxyl groups excluding tert-OH is 2. The molecule has 0 aromatic carbocycles. The van der Waals surface area contributed by atoms with Gasteiger partial charge in [-0.05, 0) is 6.92 Å². The van der Waals surface area contributed by atoms with Crippen LogP contribution in [-0.2, 0) is 4.74 Å². The highest BCUT2D eigenvalue weighted by molar-refractivity contribution is 6.33. The van der Waals surface area contributed by atoms with Gasteiger partial charge in [0.25, 0.3) is 0 Å². The third-order valence-electron chi connectivity index (χ3n) is 3.46. The summed E-state index contributed by atoms with van der Waals surface area (Å²) in [5, 5.41) is 19.1. The fourth-order valence-corrected chi connectivity index (χ4v) is 2.53. The third-order valence-corrected chi connectivity index (χ3v) is 3.74. The minimum atomic E-state index is -2.10. The van der Waals surface area contributed by atoms with E-state index in [9.17, 15) is 9.50 Å². The zero-order valence-electron chi connectivity index (χ0n) is 10.4. The average Bonchev–Trinajstić information content (AvgIpc) is 2.92. The van der Waals surface area contributed by atoms with Crippen molar-refractivity contribution in [3.63, 3.8) is 0 Å². The van der Waals surface area contributed by atoms with Crippen LogP contribution in [0.3, 0.4) is 0 Å². The summed E-state index contributed by atoms with van der Waals surface area (Å²) in [7, 11) is 0. The number of alkyl halides is 1. The van der Waals surface area contributed by atoms with Crippen molar-refractivity contribution in [1.29, 1.82) is 0 Å². The van der Waals surface area contributed by atoms with Gasteiger partial charge in [-0.1, -0.05) is 11.6 Å². The predicted octanol–water partition coefficient (Wildman–Crippen LogP) is 0.458. The number of nitrogens with zero attached hydrogens (tertiary/aromatic N) is 4. The van der Waals surface area contributed by atoms with Gasteiger partial charge in [0.2, 0.25) is 0 Å². The first kappa shape index (κ1) is 13.6. The molecule has 108 valence electrons. The molecule has 3 rings (SSSR count). The van der Waals surface area contributed by atoms with Crippen molar-refractivity contribution >= 4 is 22.8 Å². The van der Waals surface area contributed by atoms with Crippen molar-refractivity contribution in [2.24, 2.45) is 0 Å². The van der Waals surface area contributed by atoms with Crippen LogP contribution in [0.5, 0.6) is 0 Å². The number of aromatic nitrogens is 4. The van der Waals surface area contributed by atoms with Crippen molar-refractivity contribution in [1.82, 2.24) is 19.5 Å². The second kappa shape index (κ2) is 4.59. The van der Waals surface area contributed by atoms with Gasteiger partial charge in [-0.2, -0.15) is 0 Å². The van der Waals surface area contributed by atoms with Crippen molar-refractivity contribution in [2.45, 2.75) is 31.0 Å². The lowest BCUT2D eigenvalue weighted by Crippen LogP contribution is -2.40. The Labute approximate surface area is 118 Å². The van der Waals surface area contributed by atoms with E-state index in [1.165, 1.54) is 24.1 Å². The van der Waals surface area contributed by atoms with Crippen LogP contribution >= 0.6 is 11.6 Å². The molecule has 0 radical (unpaired) electrons. The molecule has 9 heteroatoms. The number of aliphatic hydroxyl groups is 2. The van der Waals surface area contributed by atoms with Crippen LogP contribution in [0.1, 0.15) is 13.2 Å². The highest BCUT2D eigenvalue weighted by Crippen LogP contribution is 2.42. The number of fused-ring (bicyclic) bond motifs is 1. The first-order valence-corrected chi connectivity index (χ1v) is 6.31. The minimum absolute atomic E-state index is 0.145. The van der Waals surface area contributed by atoms with Crippen LogP contribution in [0.25, 0.3) is 11.2 Å². The summed E-state index contributed by atoms with van der Waals surface area (Å²) in [5.41, 5.74) is -1.49. The van der Waals surface area contributed by atoms with Crippen molar-refractivity contribution in [3.05, 3.63) is 17.8 Å². The van der Waals surface area contributed by atoms with Crippen LogP contribution in [0.2, 0.25) is 5.15 Å². The van der Waals surface area contributed by atoms with Gasteiger partial charge < -0.3 is 14.9 Å². The molecule has 1 fully saturated rings. The summed E-state index contributed by atoms with van der Waals surface area (Å²) in [6.07, 6.45) is -1.07. The summed E-state index contributed by atoms with van der Waals surface area (Å²) in [6.45, 7) is 0.714. The smallest absolute Gasteiger partial charge is 0.181 e. The summed E-state index contributed by atoms with van der Waals surface area (Å²) < 4.78 is 21.4. The Morgan fingerprint density at radius 1 is 1.50 bits per heavy atom. The lowest BCUT2D eigenvalue weighted by atomic mass is 9.99. The quantitative estimate of drug-likeness (QED) is 0.783. The monoisotopic (exact) mass is 302 g/mol. The Hall–Kier alpha value is -1.35. The zero-order chi connectivity index (χ0) is 14.5. The topological polar surface area (TPSA) is 93.3 Å². The Morgan fingerprint density at radius 3 is 2.90 bits per heavy atom.